The van der Waals surface area contributed by atoms with Gasteiger partial charge in [-0.25, -0.2) is 0 Å². The maximum absolute atomic E-state index is 12.8. The van der Waals surface area contributed by atoms with Gasteiger partial charge >= 0.3 is 11.9 Å². The lowest BCUT2D eigenvalue weighted by Crippen LogP contribution is -2.05. The molecule has 0 fully saturated rings. The number of rotatable bonds is 8. The number of anilines is 1. The molecular formula is C23H20F3N3O4. The van der Waals surface area contributed by atoms with Crippen LogP contribution in [0.25, 0.3) is 0 Å². The van der Waals surface area contributed by atoms with Gasteiger partial charge in [-0.15, -0.1) is 0 Å². The molecular weight excluding hydrogens is 439 g/mol. The highest BCUT2D eigenvalue weighted by molar-refractivity contribution is 5.83. The largest absolute Gasteiger partial charge is 0.493 e. The number of nitro groups is 1. The molecule has 7 nitrogen and oxygen atoms in total. The maximum Gasteiger partial charge on any atom is 0.416 e. The SMILES string of the molecule is COc1cc(C=NNc2cccc(C(F)(F)F)c2)cc([N+](=O)[O-])c1OCc1ccc(C)cc1. The molecule has 33 heavy (non-hydrogen) atoms. The van der Waals surface area contributed by atoms with E-state index in [2.05, 4.69) is 10.5 Å². The Morgan fingerprint density at radius 1 is 1.12 bits per heavy atom. The van der Waals surface area contributed by atoms with Crippen molar-refractivity contribution in [3.05, 3.63) is 93.0 Å². The van der Waals surface area contributed by atoms with Gasteiger partial charge in [0.15, 0.2) is 5.75 Å². The van der Waals surface area contributed by atoms with Crippen LogP contribution in [0.2, 0.25) is 0 Å². The summed E-state index contributed by atoms with van der Waals surface area (Å²) in [5, 5.41) is 15.5. The molecule has 0 saturated heterocycles. The molecule has 0 bridgehead atoms. The van der Waals surface area contributed by atoms with Crippen LogP contribution in [0, 0.1) is 17.0 Å². The van der Waals surface area contributed by atoms with Gasteiger partial charge in [0.1, 0.15) is 6.61 Å². The van der Waals surface area contributed by atoms with E-state index in [1.165, 1.54) is 37.6 Å². The summed E-state index contributed by atoms with van der Waals surface area (Å²) >= 11 is 0. The van der Waals surface area contributed by atoms with Gasteiger partial charge in [-0.2, -0.15) is 18.3 Å². The summed E-state index contributed by atoms with van der Waals surface area (Å²) in [5.41, 5.74) is 3.63. The molecule has 0 amide bonds. The average molecular weight is 459 g/mol. The molecule has 1 N–H and O–H groups in total. The summed E-state index contributed by atoms with van der Waals surface area (Å²) < 4.78 is 49.4. The second-order valence-electron chi connectivity index (χ2n) is 7.05. The number of hydrogen-bond donors (Lipinski definition) is 1. The normalized spacial score (nSPS) is 11.4. The quantitative estimate of drug-likeness (QED) is 0.255. The Hall–Kier alpha value is -4.08. The number of nitrogens with zero attached hydrogens (tertiary/aromatic N) is 2. The minimum Gasteiger partial charge on any atom is -0.493 e. The smallest absolute Gasteiger partial charge is 0.416 e. The molecule has 0 aliphatic carbocycles. The van der Waals surface area contributed by atoms with E-state index in [0.717, 1.165) is 23.3 Å². The molecule has 0 aromatic heterocycles. The van der Waals surface area contributed by atoms with Gasteiger partial charge in [-0.3, -0.25) is 15.5 Å². The van der Waals surface area contributed by atoms with E-state index in [1.54, 1.807) is 0 Å². The number of methoxy groups -OCH3 is 1. The second kappa shape index (κ2) is 10.0. The molecule has 0 atom stereocenters. The van der Waals surface area contributed by atoms with Gasteiger partial charge in [0, 0.05) is 11.6 Å². The molecule has 10 heteroatoms. The van der Waals surface area contributed by atoms with Gasteiger partial charge in [-0.05, 0) is 36.8 Å². The summed E-state index contributed by atoms with van der Waals surface area (Å²) in [4.78, 5) is 11.0. The Kier molecular flexibility index (Phi) is 7.17. The van der Waals surface area contributed by atoms with Crippen LogP contribution in [0.1, 0.15) is 22.3 Å². The van der Waals surface area contributed by atoms with E-state index in [4.69, 9.17) is 9.47 Å². The molecule has 3 aromatic carbocycles. The van der Waals surface area contributed by atoms with Crippen LogP contribution in [0.5, 0.6) is 11.5 Å². The molecule has 172 valence electrons. The standard InChI is InChI=1S/C23H20F3N3O4/c1-15-6-8-16(9-7-15)14-33-22-20(29(30)31)10-17(11-21(22)32-2)13-27-28-19-5-3-4-18(12-19)23(24,25)26/h3-13,28H,14H2,1-2H3. The first-order valence-electron chi connectivity index (χ1n) is 9.68. The summed E-state index contributed by atoms with van der Waals surface area (Å²) in [6.07, 6.45) is -3.25. The Bertz CT molecular complexity index is 1160. The van der Waals surface area contributed by atoms with Crippen molar-refractivity contribution in [1.82, 2.24) is 0 Å². The zero-order chi connectivity index (χ0) is 24.0. The van der Waals surface area contributed by atoms with Crippen molar-refractivity contribution in [1.29, 1.82) is 0 Å². The highest BCUT2D eigenvalue weighted by Gasteiger charge is 2.30. The number of hydrazone groups is 1. The topological polar surface area (TPSA) is 86.0 Å². The predicted octanol–water partition coefficient (Wildman–Crippen LogP) is 5.96. The van der Waals surface area contributed by atoms with Crippen molar-refractivity contribution in [2.45, 2.75) is 19.7 Å². The zero-order valence-electron chi connectivity index (χ0n) is 17.7. The number of ether oxygens (including phenoxy) is 2. The van der Waals surface area contributed by atoms with Gasteiger partial charge in [0.05, 0.1) is 29.5 Å². The van der Waals surface area contributed by atoms with Crippen molar-refractivity contribution < 1.29 is 27.6 Å². The maximum atomic E-state index is 12.8. The number of benzene rings is 3. The first kappa shape index (κ1) is 23.6. The minimum atomic E-state index is -4.48. The number of nitro benzene ring substituents is 1. The Labute approximate surface area is 187 Å². The van der Waals surface area contributed by atoms with Crippen molar-refractivity contribution in [2.75, 3.05) is 12.5 Å². The van der Waals surface area contributed by atoms with Crippen LogP contribution in [0.15, 0.2) is 65.8 Å². The summed E-state index contributed by atoms with van der Waals surface area (Å²) in [5.74, 6) is 0.0860. The Balaban J connectivity index is 1.81. The lowest BCUT2D eigenvalue weighted by atomic mass is 10.1. The molecule has 3 rings (SSSR count). The van der Waals surface area contributed by atoms with Crippen LogP contribution in [0.4, 0.5) is 24.5 Å². The van der Waals surface area contributed by atoms with E-state index in [1.807, 2.05) is 31.2 Å². The third-order valence-corrected chi connectivity index (χ3v) is 4.58. The Morgan fingerprint density at radius 2 is 1.85 bits per heavy atom. The summed E-state index contributed by atoms with van der Waals surface area (Å²) in [6, 6.07) is 14.7. The van der Waals surface area contributed by atoms with Gasteiger partial charge in [0.25, 0.3) is 0 Å². The molecule has 0 aliphatic rings. The predicted molar refractivity (Wildman–Crippen MR) is 118 cm³/mol. The van der Waals surface area contributed by atoms with Gasteiger partial charge in [-0.1, -0.05) is 35.9 Å². The minimum absolute atomic E-state index is 0.0361. The fourth-order valence-electron chi connectivity index (χ4n) is 2.90. The van der Waals surface area contributed by atoms with Crippen molar-refractivity contribution in [2.24, 2.45) is 5.10 Å². The van der Waals surface area contributed by atoms with Gasteiger partial charge in [0.2, 0.25) is 5.75 Å². The number of halogens is 3. The second-order valence-corrected chi connectivity index (χ2v) is 7.05. The van der Waals surface area contributed by atoms with Crippen molar-refractivity contribution in [3.63, 3.8) is 0 Å². The monoisotopic (exact) mass is 459 g/mol. The van der Waals surface area contributed by atoms with Crippen molar-refractivity contribution >= 4 is 17.6 Å². The van der Waals surface area contributed by atoms with Crippen LogP contribution in [-0.2, 0) is 12.8 Å². The third kappa shape index (κ3) is 6.22. The summed E-state index contributed by atoms with van der Waals surface area (Å²) in [6.45, 7) is 2.04. The third-order valence-electron chi connectivity index (χ3n) is 4.58. The van der Waals surface area contributed by atoms with E-state index in [-0.39, 0.29) is 29.5 Å². The average Bonchev–Trinajstić information content (AvgIpc) is 2.78. The fourth-order valence-corrected chi connectivity index (χ4v) is 2.90. The molecule has 3 aromatic rings. The van der Waals surface area contributed by atoms with E-state index in [0.29, 0.717) is 5.56 Å². The lowest BCUT2D eigenvalue weighted by Gasteiger charge is -2.12. The molecule has 0 saturated carbocycles. The van der Waals surface area contributed by atoms with Crippen LogP contribution >= 0.6 is 0 Å². The first-order valence-corrected chi connectivity index (χ1v) is 9.68. The zero-order valence-corrected chi connectivity index (χ0v) is 17.7. The van der Waals surface area contributed by atoms with Gasteiger partial charge < -0.3 is 9.47 Å². The molecule has 0 spiro atoms. The number of hydrogen-bond acceptors (Lipinski definition) is 6. The van der Waals surface area contributed by atoms with Crippen LogP contribution in [-0.4, -0.2) is 18.2 Å². The van der Waals surface area contributed by atoms with E-state index in [9.17, 15) is 23.3 Å². The van der Waals surface area contributed by atoms with E-state index >= 15 is 0 Å². The van der Waals surface area contributed by atoms with E-state index < -0.39 is 16.7 Å². The highest BCUT2D eigenvalue weighted by Crippen LogP contribution is 2.38. The number of alkyl halides is 3. The summed E-state index contributed by atoms with van der Waals surface area (Å²) in [7, 11) is 1.35. The van der Waals surface area contributed by atoms with Crippen molar-refractivity contribution in [3.8, 4) is 11.5 Å². The lowest BCUT2D eigenvalue weighted by molar-refractivity contribution is -0.386. The molecule has 0 heterocycles. The fraction of sp³-hybridized carbons (Fsp3) is 0.174. The Morgan fingerprint density at radius 3 is 2.48 bits per heavy atom. The molecule has 0 unspecified atom stereocenters. The van der Waals surface area contributed by atoms with Crippen LogP contribution < -0.4 is 14.9 Å². The highest BCUT2D eigenvalue weighted by atomic mass is 19.4. The number of aryl methyl sites for hydroxylation is 1. The molecule has 0 aliphatic heterocycles. The number of nitrogens with one attached hydrogen (secondary N) is 1. The van der Waals surface area contributed by atoms with Crippen LogP contribution in [0.3, 0.4) is 0 Å². The first-order chi connectivity index (χ1) is 15.7. The molecule has 0 radical (unpaired) electrons.